The normalized spacial score (nSPS) is 11.6. The van der Waals surface area contributed by atoms with E-state index < -0.39 is 58.2 Å². The summed E-state index contributed by atoms with van der Waals surface area (Å²) in [5, 5.41) is 6.04. The summed E-state index contributed by atoms with van der Waals surface area (Å²) in [6.45, 7) is 19.6. The van der Waals surface area contributed by atoms with Crippen LogP contribution in [0.3, 0.4) is 0 Å². The molecule has 15 aromatic rings. The number of hydrogen-bond acceptors (Lipinski definition) is 6. The van der Waals surface area contributed by atoms with E-state index >= 15 is 0 Å². The van der Waals surface area contributed by atoms with E-state index in [9.17, 15) is 43.9 Å². The van der Waals surface area contributed by atoms with Gasteiger partial charge in [0, 0.05) is 53.9 Å². The van der Waals surface area contributed by atoms with Crippen molar-refractivity contribution in [2.45, 2.75) is 89.0 Å². The first-order valence-electron chi connectivity index (χ1n) is 29.3. The zero-order chi connectivity index (χ0) is 65.2. The molecular weight excluding hydrogens is 1190 g/mol. The predicted octanol–water partition coefficient (Wildman–Crippen LogP) is 23.9. The third kappa shape index (κ3) is 11.5. The first-order chi connectivity index (χ1) is 43.4. The summed E-state index contributed by atoms with van der Waals surface area (Å²) in [6.07, 6.45) is 1.89. The average molecular weight is 1250 g/mol. The van der Waals surface area contributed by atoms with Gasteiger partial charge in [-0.3, -0.25) is 0 Å². The van der Waals surface area contributed by atoms with E-state index in [1.807, 2.05) is 0 Å². The van der Waals surface area contributed by atoms with Crippen LogP contribution >= 0.6 is 0 Å². The third-order valence-electron chi connectivity index (χ3n) is 16.3. The standard InChI is InChI=1S/C19H20F2O2.4C14H10F2O/c1-11(2)5-4-10-22-15-9-8-14-13-7-6-12(3)16(20)18(13)23-19(14)17(15)21;4*1-7-3-5-9-10-6-4-8(2)12(16)14(10)17-13(9)11(7)15/h6-9,11H,4-5,10H2,1-3H3;4*3-6H,1-2H3. The molecule has 466 valence electrons. The van der Waals surface area contributed by atoms with Crippen LogP contribution in [-0.2, 0) is 0 Å². The van der Waals surface area contributed by atoms with Crippen LogP contribution in [0.15, 0.2) is 143 Å². The van der Waals surface area contributed by atoms with Gasteiger partial charge in [-0.25, -0.2) is 39.5 Å². The number of hydrogen-bond donors (Lipinski definition) is 0. The summed E-state index contributed by atoms with van der Waals surface area (Å²) in [7, 11) is 0. The van der Waals surface area contributed by atoms with Crippen LogP contribution < -0.4 is 4.74 Å². The predicted molar refractivity (Wildman–Crippen MR) is 340 cm³/mol. The molecule has 5 aromatic heterocycles. The van der Waals surface area contributed by atoms with E-state index in [1.165, 1.54) is 0 Å². The minimum atomic E-state index is -0.569. The molecular formula is C75H60F10O6. The second-order valence-electron chi connectivity index (χ2n) is 23.3. The van der Waals surface area contributed by atoms with Gasteiger partial charge in [-0.2, -0.15) is 4.39 Å². The first kappa shape index (κ1) is 62.9. The third-order valence-corrected chi connectivity index (χ3v) is 16.3. The number of benzene rings is 10. The van der Waals surface area contributed by atoms with E-state index in [0.29, 0.717) is 116 Å². The van der Waals surface area contributed by atoms with Gasteiger partial charge in [0.1, 0.15) is 0 Å². The summed E-state index contributed by atoms with van der Waals surface area (Å²) in [4.78, 5) is 0. The highest BCUT2D eigenvalue weighted by Crippen LogP contribution is 2.40. The van der Waals surface area contributed by atoms with Gasteiger partial charge in [-0.15, -0.1) is 0 Å². The van der Waals surface area contributed by atoms with Crippen molar-refractivity contribution in [1.29, 1.82) is 0 Å². The Balaban J connectivity index is 0.000000117. The van der Waals surface area contributed by atoms with Gasteiger partial charge in [0.25, 0.3) is 0 Å². The van der Waals surface area contributed by atoms with E-state index in [-0.39, 0.29) is 61.6 Å². The van der Waals surface area contributed by atoms with Crippen molar-refractivity contribution in [3.05, 3.63) is 230 Å². The Morgan fingerprint density at radius 2 is 0.418 bits per heavy atom. The quantitative estimate of drug-likeness (QED) is 0.126. The summed E-state index contributed by atoms with van der Waals surface area (Å²) in [6, 6.07) is 34.2. The van der Waals surface area contributed by atoms with Crippen molar-refractivity contribution in [3.63, 3.8) is 0 Å². The molecule has 15 rings (SSSR count). The van der Waals surface area contributed by atoms with Crippen LogP contribution in [0, 0.1) is 126 Å². The zero-order valence-corrected chi connectivity index (χ0v) is 51.5. The maximum atomic E-state index is 14.6. The molecule has 0 spiro atoms. The molecule has 16 heteroatoms. The van der Waals surface area contributed by atoms with Gasteiger partial charge in [0.15, 0.2) is 114 Å². The maximum absolute atomic E-state index is 14.6. The van der Waals surface area contributed by atoms with Gasteiger partial charge in [-0.1, -0.05) is 123 Å². The topological polar surface area (TPSA) is 74.9 Å². The van der Waals surface area contributed by atoms with Crippen molar-refractivity contribution < 1.29 is 70.7 Å². The van der Waals surface area contributed by atoms with Gasteiger partial charge in [-0.05, 0) is 143 Å². The second kappa shape index (κ2) is 24.9. The molecule has 6 nitrogen and oxygen atoms in total. The lowest BCUT2D eigenvalue weighted by molar-refractivity contribution is 0.284. The van der Waals surface area contributed by atoms with Crippen LogP contribution in [0.1, 0.15) is 76.8 Å². The molecule has 0 amide bonds. The molecule has 0 atom stereocenters. The molecule has 0 aliphatic rings. The minimum Gasteiger partial charge on any atom is -0.490 e. The lowest BCUT2D eigenvalue weighted by Crippen LogP contribution is -2.01. The molecule has 0 radical (unpaired) electrons. The lowest BCUT2D eigenvalue weighted by atomic mass is 10.1. The number of rotatable bonds is 5. The summed E-state index contributed by atoms with van der Waals surface area (Å²) >= 11 is 0. The van der Waals surface area contributed by atoms with Crippen molar-refractivity contribution in [1.82, 2.24) is 0 Å². The molecule has 0 saturated heterocycles. The molecule has 0 saturated carbocycles. The minimum absolute atomic E-state index is 0.0471. The summed E-state index contributed by atoms with van der Waals surface area (Å²) < 4.78 is 172. The molecule has 0 N–H and O–H groups in total. The van der Waals surface area contributed by atoms with E-state index in [1.54, 1.807) is 184 Å². The monoisotopic (exact) mass is 1250 g/mol. The van der Waals surface area contributed by atoms with Gasteiger partial charge >= 0.3 is 0 Å². The highest BCUT2D eigenvalue weighted by molar-refractivity contribution is 6.09. The van der Waals surface area contributed by atoms with Crippen LogP contribution in [0.25, 0.3) is 110 Å². The molecule has 0 unspecified atom stereocenters. The fraction of sp³-hybridized carbons (Fsp3) is 0.200. The summed E-state index contributed by atoms with van der Waals surface area (Å²) in [5.74, 6) is -3.64. The van der Waals surface area contributed by atoms with Gasteiger partial charge < -0.3 is 26.8 Å². The van der Waals surface area contributed by atoms with Crippen LogP contribution in [0.4, 0.5) is 43.9 Å². The highest BCUT2D eigenvalue weighted by Gasteiger charge is 2.22. The Morgan fingerprint density at radius 1 is 0.253 bits per heavy atom. The summed E-state index contributed by atoms with van der Waals surface area (Å²) in [5.41, 5.74) is 5.60. The van der Waals surface area contributed by atoms with Gasteiger partial charge in [0.05, 0.1) is 6.61 Å². The molecule has 0 bridgehead atoms. The number of halogens is 10. The van der Waals surface area contributed by atoms with Crippen molar-refractivity contribution in [2.24, 2.45) is 5.92 Å². The molecule has 0 aliphatic carbocycles. The molecule has 0 aliphatic heterocycles. The Bertz CT molecular complexity index is 4580. The zero-order valence-electron chi connectivity index (χ0n) is 51.5. The largest absolute Gasteiger partial charge is 0.490 e. The number of aryl methyl sites for hydroxylation is 9. The first-order valence-corrected chi connectivity index (χ1v) is 29.3. The highest BCUT2D eigenvalue weighted by atomic mass is 19.2. The Hall–Kier alpha value is -9.70. The fourth-order valence-electron chi connectivity index (χ4n) is 10.8. The smallest absolute Gasteiger partial charge is 0.208 e. The molecule has 0 fully saturated rings. The van der Waals surface area contributed by atoms with E-state index in [2.05, 4.69) is 13.8 Å². The van der Waals surface area contributed by atoms with Crippen molar-refractivity contribution in [3.8, 4) is 5.75 Å². The number of furan rings is 5. The molecule has 10 aromatic carbocycles. The van der Waals surface area contributed by atoms with Crippen LogP contribution in [-0.4, -0.2) is 6.61 Å². The van der Waals surface area contributed by atoms with Crippen molar-refractivity contribution >= 4 is 110 Å². The maximum Gasteiger partial charge on any atom is 0.208 e. The fourth-order valence-corrected chi connectivity index (χ4v) is 10.8. The Labute approximate surface area is 515 Å². The Morgan fingerprint density at radius 3 is 0.593 bits per heavy atom. The molecule has 91 heavy (non-hydrogen) atoms. The lowest BCUT2D eigenvalue weighted by Gasteiger charge is -2.08. The SMILES string of the molecule is Cc1ccc2c(oc3c(F)c(C)ccc32)c1F.Cc1ccc2c(oc3c(F)c(C)ccc32)c1F.Cc1ccc2c(oc3c(F)c(C)ccc32)c1F.Cc1ccc2c(oc3c(F)c(C)ccc32)c1F.Cc1ccc2c(oc3c(F)c(OCCCC(C)C)ccc32)c1F. The van der Waals surface area contributed by atoms with Crippen molar-refractivity contribution in [2.75, 3.05) is 6.61 Å². The van der Waals surface area contributed by atoms with Crippen LogP contribution in [0.5, 0.6) is 5.75 Å². The van der Waals surface area contributed by atoms with E-state index in [0.717, 1.165) is 12.8 Å². The average Bonchev–Trinajstić information content (AvgIpc) is 1.73. The molecule has 5 heterocycles. The number of fused-ring (bicyclic) bond motifs is 15. The Kier molecular flexibility index (Phi) is 17.2. The van der Waals surface area contributed by atoms with E-state index in [4.69, 9.17) is 26.8 Å². The number of ether oxygens (including phenoxy) is 1. The van der Waals surface area contributed by atoms with Gasteiger partial charge in [0.2, 0.25) is 5.82 Å². The van der Waals surface area contributed by atoms with Crippen LogP contribution in [0.2, 0.25) is 0 Å². The second-order valence-corrected chi connectivity index (χ2v) is 23.3.